The van der Waals surface area contributed by atoms with Gasteiger partial charge in [0.25, 0.3) is 0 Å². The zero-order valence-corrected chi connectivity index (χ0v) is 25.2. The Morgan fingerprint density at radius 2 is 1.23 bits per heavy atom. The number of benzene rings is 3. The molecule has 2 aliphatic rings. The third-order valence-corrected chi connectivity index (χ3v) is 8.23. The van der Waals surface area contributed by atoms with Gasteiger partial charge in [-0.2, -0.15) is 0 Å². The number of fused-ring (bicyclic) bond motifs is 1. The Morgan fingerprint density at radius 3 is 1.70 bits per heavy atom. The number of aliphatic hydroxyl groups excluding tert-OH is 2. The monoisotopic (exact) mass is 614 g/mol. The van der Waals surface area contributed by atoms with Crippen LogP contribution in [-0.4, -0.2) is 81.9 Å². The first kappa shape index (κ1) is 31.3. The maximum Gasteiger partial charge on any atom is 0.204 e. The van der Waals surface area contributed by atoms with Gasteiger partial charge >= 0.3 is 0 Å². The molecular weight excluding hydrogens is 576 g/mol. The van der Waals surface area contributed by atoms with Crippen molar-refractivity contribution in [2.75, 3.05) is 55.4 Å². The Morgan fingerprint density at radius 1 is 0.727 bits per heavy atom. The number of aliphatic hydroxyl groups is 2. The summed E-state index contributed by atoms with van der Waals surface area (Å²) in [4.78, 5) is 0. The first-order valence-electron chi connectivity index (χ1n) is 14.0. The standard InChI is InChI=1S/C32H38O12/c1-37-22-8-16(6-7-21(22)34)28(35)27(13-33)43-32-25(40-4)11-18(12-26(32)41-5)31-20-15-42-14-19(20)30(44-31)17-9-23(38-2)29(36)24(10-17)39-3/h6-12,19-20,27-28,30-31,33-36H,13-15H2,1-5H3/t19-,20+,27+,28-,30+,31-/m0/s1. The molecule has 44 heavy (non-hydrogen) atoms. The fraction of sp³-hybridized carbons (Fsp3) is 0.438. The number of aromatic hydroxyl groups is 2. The van der Waals surface area contributed by atoms with Crippen molar-refractivity contribution in [3.8, 4) is 46.0 Å². The molecule has 2 fully saturated rings. The largest absolute Gasteiger partial charge is 0.504 e. The molecule has 6 atom stereocenters. The lowest BCUT2D eigenvalue weighted by Crippen LogP contribution is -2.29. The Balaban J connectivity index is 1.46. The van der Waals surface area contributed by atoms with Crippen LogP contribution in [0.5, 0.6) is 46.0 Å². The summed E-state index contributed by atoms with van der Waals surface area (Å²) in [7, 11) is 7.31. The maximum absolute atomic E-state index is 11.1. The Bertz CT molecular complexity index is 1410. The van der Waals surface area contributed by atoms with Crippen LogP contribution in [0, 0.1) is 11.8 Å². The van der Waals surface area contributed by atoms with Gasteiger partial charge in [0.05, 0.1) is 67.6 Å². The summed E-state index contributed by atoms with van der Waals surface area (Å²) in [5.74, 6) is 1.37. The molecule has 0 spiro atoms. The summed E-state index contributed by atoms with van der Waals surface area (Å²) in [5.41, 5.74) is 1.91. The highest BCUT2D eigenvalue weighted by Crippen LogP contribution is 2.55. The van der Waals surface area contributed by atoms with Crippen LogP contribution in [-0.2, 0) is 9.47 Å². The topological polar surface area (TPSA) is 155 Å². The average Bonchev–Trinajstić information content (AvgIpc) is 3.67. The van der Waals surface area contributed by atoms with Crippen LogP contribution < -0.4 is 28.4 Å². The lowest BCUT2D eigenvalue weighted by molar-refractivity contribution is -0.00510. The Kier molecular flexibility index (Phi) is 9.45. The highest BCUT2D eigenvalue weighted by atomic mass is 16.6. The Hall–Kier alpha value is -4.10. The van der Waals surface area contributed by atoms with Crippen LogP contribution in [0.25, 0.3) is 0 Å². The quantitative estimate of drug-likeness (QED) is 0.235. The summed E-state index contributed by atoms with van der Waals surface area (Å²) in [6.07, 6.45) is -3.17. The molecule has 0 radical (unpaired) electrons. The van der Waals surface area contributed by atoms with Gasteiger partial charge in [0.15, 0.2) is 40.6 Å². The van der Waals surface area contributed by atoms with Gasteiger partial charge in [-0.25, -0.2) is 0 Å². The minimum atomic E-state index is -1.28. The van der Waals surface area contributed by atoms with Gasteiger partial charge in [0.2, 0.25) is 11.5 Å². The van der Waals surface area contributed by atoms with Crippen LogP contribution in [0.15, 0.2) is 42.5 Å². The van der Waals surface area contributed by atoms with Crippen molar-refractivity contribution in [2.45, 2.75) is 24.4 Å². The second kappa shape index (κ2) is 13.3. The Labute approximate surface area is 255 Å². The third-order valence-electron chi connectivity index (χ3n) is 8.23. The van der Waals surface area contributed by atoms with Crippen LogP contribution in [0.2, 0.25) is 0 Å². The molecule has 0 unspecified atom stereocenters. The van der Waals surface area contributed by atoms with Gasteiger partial charge in [0, 0.05) is 11.8 Å². The van der Waals surface area contributed by atoms with Crippen LogP contribution in [0.3, 0.4) is 0 Å². The van der Waals surface area contributed by atoms with E-state index in [4.69, 9.17) is 37.9 Å². The highest BCUT2D eigenvalue weighted by molar-refractivity contribution is 5.56. The van der Waals surface area contributed by atoms with Gasteiger partial charge in [-0.3, -0.25) is 0 Å². The van der Waals surface area contributed by atoms with Crippen molar-refractivity contribution in [2.24, 2.45) is 11.8 Å². The summed E-state index contributed by atoms with van der Waals surface area (Å²) in [5, 5.41) is 41.6. The molecule has 5 rings (SSSR count). The van der Waals surface area contributed by atoms with E-state index in [9.17, 15) is 20.4 Å². The van der Waals surface area contributed by atoms with Crippen molar-refractivity contribution in [3.63, 3.8) is 0 Å². The first-order chi connectivity index (χ1) is 21.3. The SMILES string of the molecule is COc1cc([C@H](O)[C@@H](CO)Oc2c(OC)cc([C@@H]3O[C@H](c4cc(OC)c(O)c(OC)c4)[C@H]4COC[C@H]43)cc2OC)ccc1O. The van der Waals surface area contributed by atoms with Gasteiger partial charge in [0.1, 0.15) is 6.10 Å². The van der Waals surface area contributed by atoms with E-state index < -0.39 is 24.9 Å². The molecule has 2 heterocycles. The van der Waals surface area contributed by atoms with Crippen LogP contribution in [0.4, 0.5) is 0 Å². The molecule has 3 aromatic rings. The second-order valence-electron chi connectivity index (χ2n) is 10.6. The molecule has 12 nitrogen and oxygen atoms in total. The molecule has 12 heteroatoms. The number of hydrogen-bond acceptors (Lipinski definition) is 12. The average molecular weight is 615 g/mol. The lowest BCUT2D eigenvalue weighted by Gasteiger charge is -2.26. The number of rotatable bonds is 12. The number of phenolic OH excluding ortho intramolecular Hbond substituents is 2. The summed E-state index contributed by atoms with van der Waals surface area (Å²) < 4.78 is 46.0. The van der Waals surface area contributed by atoms with Gasteiger partial charge < -0.3 is 58.3 Å². The molecule has 0 amide bonds. The molecule has 0 saturated carbocycles. The fourth-order valence-electron chi connectivity index (χ4n) is 5.93. The number of hydrogen-bond donors (Lipinski definition) is 4. The first-order valence-corrected chi connectivity index (χ1v) is 14.0. The van der Waals surface area contributed by atoms with E-state index in [0.29, 0.717) is 30.3 Å². The molecule has 3 aromatic carbocycles. The number of ether oxygens (including phenoxy) is 8. The molecule has 0 bridgehead atoms. The zero-order valence-electron chi connectivity index (χ0n) is 25.2. The zero-order chi connectivity index (χ0) is 31.5. The van der Waals surface area contributed by atoms with Crippen molar-refractivity contribution in [3.05, 3.63) is 59.2 Å². The van der Waals surface area contributed by atoms with E-state index in [2.05, 4.69) is 0 Å². The minimum Gasteiger partial charge on any atom is -0.504 e. The van der Waals surface area contributed by atoms with Crippen LogP contribution in [0.1, 0.15) is 35.0 Å². The summed E-state index contributed by atoms with van der Waals surface area (Å²) in [6, 6.07) is 11.4. The normalized spacial score (nSPS) is 22.2. The third kappa shape index (κ3) is 5.73. The molecule has 4 N–H and O–H groups in total. The number of methoxy groups -OCH3 is 5. The van der Waals surface area contributed by atoms with Gasteiger partial charge in [-0.1, -0.05) is 6.07 Å². The smallest absolute Gasteiger partial charge is 0.204 e. The molecular formula is C32H38O12. The van der Waals surface area contributed by atoms with Crippen molar-refractivity contribution in [1.82, 2.24) is 0 Å². The number of phenols is 2. The molecule has 2 aliphatic heterocycles. The summed E-state index contributed by atoms with van der Waals surface area (Å²) in [6.45, 7) is 0.438. The molecule has 2 saturated heterocycles. The molecule has 238 valence electrons. The minimum absolute atomic E-state index is 0.00321. The second-order valence-corrected chi connectivity index (χ2v) is 10.6. The van der Waals surface area contributed by atoms with E-state index >= 15 is 0 Å². The van der Waals surface area contributed by atoms with E-state index in [1.54, 1.807) is 24.3 Å². The van der Waals surface area contributed by atoms with Crippen molar-refractivity contribution in [1.29, 1.82) is 0 Å². The van der Waals surface area contributed by atoms with E-state index in [1.165, 1.54) is 53.7 Å². The van der Waals surface area contributed by atoms with Crippen molar-refractivity contribution < 1.29 is 58.3 Å². The van der Waals surface area contributed by atoms with E-state index in [-0.39, 0.29) is 52.4 Å². The van der Waals surface area contributed by atoms with Crippen molar-refractivity contribution >= 4 is 0 Å². The predicted octanol–water partition coefficient (Wildman–Crippen LogP) is 3.69. The van der Waals surface area contributed by atoms with E-state index in [1.807, 2.05) is 0 Å². The van der Waals surface area contributed by atoms with Gasteiger partial charge in [-0.15, -0.1) is 0 Å². The summed E-state index contributed by atoms with van der Waals surface area (Å²) >= 11 is 0. The molecule has 0 aromatic heterocycles. The maximum atomic E-state index is 11.1. The van der Waals surface area contributed by atoms with E-state index in [0.717, 1.165) is 11.1 Å². The van der Waals surface area contributed by atoms with Crippen LogP contribution >= 0.6 is 0 Å². The van der Waals surface area contributed by atoms with Gasteiger partial charge in [-0.05, 0) is 53.1 Å². The predicted molar refractivity (Wildman–Crippen MR) is 156 cm³/mol. The highest BCUT2D eigenvalue weighted by Gasteiger charge is 2.49. The molecule has 0 aliphatic carbocycles. The lowest BCUT2D eigenvalue weighted by atomic mass is 9.85. The fourth-order valence-corrected chi connectivity index (χ4v) is 5.93.